The first-order valence-electron chi connectivity index (χ1n) is 9.79. The predicted molar refractivity (Wildman–Crippen MR) is 112 cm³/mol. The van der Waals surface area contributed by atoms with Crippen LogP contribution in [0.2, 0.25) is 0 Å². The highest BCUT2D eigenvalue weighted by molar-refractivity contribution is 5.46. The number of benzene rings is 3. The summed E-state index contributed by atoms with van der Waals surface area (Å²) in [5, 5.41) is 0. The largest absolute Gasteiger partial charge is 0.120 e. The molecule has 0 saturated carbocycles. The molecule has 0 aromatic heterocycles. The van der Waals surface area contributed by atoms with Crippen LogP contribution in [-0.4, -0.2) is 0 Å². The SMILES string of the molecule is CCC(C)CC(C[C-](c1ccccc1)c1ccccc1)c1ccccc1. The van der Waals surface area contributed by atoms with Gasteiger partial charge < -0.3 is 0 Å². The molecule has 3 aromatic carbocycles. The molecular formula is C26H29-. The lowest BCUT2D eigenvalue weighted by Crippen LogP contribution is -2.12. The standard InChI is InChI=1S/C26H29/c1-3-21(2)19-25(22-13-7-4-8-14-22)20-26(23-15-9-5-10-16-23)24-17-11-6-12-18-24/h4-18,21,25H,3,19-20H2,1-2H3/q-1. The number of hydrogen-bond donors (Lipinski definition) is 0. The molecule has 3 rings (SSSR count). The van der Waals surface area contributed by atoms with Crippen LogP contribution >= 0.6 is 0 Å². The Morgan fingerprint density at radius 3 is 1.62 bits per heavy atom. The van der Waals surface area contributed by atoms with Gasteiger partial charge in [-0.15, -0.1) is 41.3 Å². The molecule has 0 amide bonds. The Labute approximate surface area is 158 Å². The van der Waals surface area contributed by atoms with Crippen molar-refractivity contribution in [2.24, 2.45) is 5.92 Å². The second kappa shape index (κ2) is 9.29. The minimum atomic E-state index is 0.543. The third kappa shape index (κ3) is 4.79. The van der Waals surface area contributed by atoms with E-state index < -0.39 is 0 Å². The van der Waals surface area contributed by atoms with Crippen LogP contribution in [0.1, 0.15) is 55.7 Å². The summed E-state index contributed by atoms with van der Waals surface area (Å²) in [7, 11) is 0. The Balaban J connectivity index is 1.94. The fraction of sp³-hybridized carbons (Fsp3) is 0.269. The summed E-state index contributed by atoms with van der Waals surface area (Å²) in [6, 6.07) is 32.8. The highest BCUT2D eigenvalue weighted by atomic mass is 14.3. The van der Waals surface area contributed by atoms with Gasteiger partial charge in [-0.1, -0.05) is 87.0 Å². The van der Waals surface area contributed by atoms with Crippen LogP contribution in [0.4, 0.5) is 0 Å². The second-order valence-electron chi connectivity index (χ2n) is 7.27. The van der Waals surface area contributed by atoms with Crippen LogP contribution in [0.3, 0.4) is 0 Å². The summed E-state index contributed by atoms with van der Waals surface area (Å²) >= 11 is 0. The van der Waals surface area contributed by atoms with Crippen molar-refractivity contribution >= 4 is 0 Å². The molecule has 0 fully saturated rings. The van der Waals surface area contributed by atoms with Gasteiger partial charge in [0.2, 0.25) is 0 Å². The molecule has 0 aliphatic rings. The van der Waals surface area contributed by atoms with Crippen LogP contribution in [0.5, 0.6) is 0 Å². The first-order valence-corrected chi connectivity index (χ1v) is 9.79. The molecule has 0 aliphatic carbocycles. The molecule has 0 heteroatoms. The summed E-state index contributed by atoms with van der Waals surface area (Å²) in [5.74, 6) is 2.72. The normalized spacial score (nSPS) is 13.2. The van der Waals surface area contributed by atoms with Crippen molar-refractivity contribution in [1.29, 1.82) is 0 Å². The minimum Gasteiger partial charge on any atom is -0.120 e. The van der Waals surface area contributed by atoms with Crippen molar-refractivity contribution in [3.63, 3.8) is 0 Å². The minimum absolute atomic E-state index is 0.543. The van der Waals surface area contributed by atoms with Gasteiger partial charge in [-0.25, -0.2) is 0 Å². The highest BCUT2D eigenvalue weighted by Gasteiger charge is 2.19. The average Bonchev–Trinajstić information content (AvgIpc) is 2.72. The predicted octanol–water partition coefficient (Wildman–Crippen LogP) is 7.27. The van der Waals surface area contributed by atoms with Crippen molar-refractivity contribution in [3.05, 3.63) is 114 Å². The highest BCUT2D eigenvalue weighted by Crippen LogP contribution is 2.37. The van der Waals surface area contributed by atoms with Crippen molar-refractivity contribution in [1.82, 2.24) is 0 Å². The Hall–Kier alpha value is -2.47. The fourth-order valence-corrected chi connectivity index (χ4v) is 3.64. The van der Waals surface area contributed by atoms with E-state index in [2.05, 4.69) is 105 Å². The molecule has 2 unspecified atom stereocenters. The van der Waals surface area contributed by atoms with Gasteiger partial charge in [-0.05, 0) is 30.2 Å². The zero-order chi connectivity index (χ0) is 18.2. The first kappa shape index (κ1) is 18.3. The summed E-state index contributed by atoms with van der Waals surface area (Å²) in [5.41, 5.74) is 4.13. The van der Waals surface area contributed by atoms with Crippen LogP contribution in [0.15, 0.2) is 91.0 Å². The maximum Gasteiger partial charge on any atom is -0.0183 e. The molecule has 2 atom stereocenters. The fourth-order valence-electron chi connectivity index (χ4n) is 3.64. The molecule has 0 spiro atoms. The third-order valence-electron chi connectivity index (χ3n) is 5.35. The van der Waals surface area contributed by atoms with E-state index in [1.165, 1.54) is 35.4 Å². The van der Waals surface area contributed by atoms with E-state index >= 15 is 0 Å². The Kier molecular flexibility index (Phi) is 6.55. The van der Waals surface area contributed by atoms with E-state index in [-0.39, 0.29) is 0 Å². The Morgan fingerprint density at radius 2 is 1.15 bits per heavy atom. The molecule has 0 bridgehead atoms. The molecule has 0 radical (unpaired) electrons. The smallest absolute Gasteiger partial charge is 0.0183 e. The van der Waals surface area contributed by atoms with E-state index in [0.717, 1.165) is 12.3 Å². The zero-order valence-corrected chi connectivity index (χ0v) is 15.9. The molecule has 0 N–H and O–H groups in total. The topological polar surface area (TPSA) is 0 Å². The average molecular weight is 342 g/mol. The van der Waals surface area contributed by atoms with Crippen LogP contribution in [0, 0.1) is 11.8 Å². The van der Waals surface area contributed by atoms with Gasteiger partial charge in [0, 0.05) is 0 Å². The van der Waals surface area contributed by atoms with E-state index in [0.29, 0.717) is 5.92 Å². The van der Waals surface area contributed by atoms with Crippen LogP contribution in [0.25, 0.3) is 0 Å². The molecule has 3 aromatic rings. The van der Waals surface area contributed by atoms with E-state index in [1.54, 1.807) is 0 Å². The van der Waals surface area contributed by atoms with Crippen molar-refractivity contribution in [2.75, 3.05) is 0 Å². The lowest BCUT2D eigenvalue weighted by atomic mass is 9.77. The quantitative estimate of drug-likeness (QED) is 0.378. The Bertz CT molecular complexity index is 706. The van der Waals surface area contributed by atoms with Gasteiger partial charge in [-0.2, -0.15) is 0 Å². The van der Waals surface area contributed by atoms with Gasteiger partial charge in [0.25, 0.3) is 0 Å². The van der Waals surface area contributed by atoms with Gasteiger partial charge in [0.1, 0.15) is 0 Å². The summed E-state index contributed by atoms with van der Waals surface area (Å²) in [6.45, 7) is 4.67. The molecule has 26 heavy (non-hydrogen) atoms. The zero-order valence-electron chi connectivity index (χ0n) is 15.9. The number of hydrogen-bond acceptors (Lipinski definition) is 0. The molecule has 0 aliphatic heterocycles. The van der Waals surface area contributed by atoms with Gasteiger partial charge >= 0.3 is 0 Å². The maximum atomic E-state index is 2.38. The Morgan fingerprint density at radius 1 is 0.692 bits per heavy atom. The lowest BCUT2D eigenvalue weighted by molar-refractivity contribution is 0.446. The van der Waals surface area contributed by atoms with E-state index in [1.807, 2.05) is 0 Å². The maximum absolute atomic E-state index is 2.38. The third-order valence-corrected chi connectivity index (χ3v) is 5.35. The van der Waals surface area contributed by atoms with E-state index in [9.17, 15) is 0 Å². The number of rotatable bonds is 8. The summed E-state index contributed by atoms with van der Waals surface area (Å²) < 4.78 is 0. The molecular weight excluding hydrogens is 312 g/mol. The van der Waals surface area contributed by atoms with Crippen LogP contribution in [-0.2, 0) is 0 Å². The summed E-state index contributed by atoms with van der Waals surface area (Å²) in [4.78, 5) is 0. The van der Waals surface area contributed by atoms with Crippen molar-refractivity contribution < 1.29 is 0 Å². The van der Waals surface area contributed by atoms with Crippen LogP contribution < -0.4 is 0 Å². The van der Waals surface area contributed by atoms with Crippen molar-refractivity contribution in [3.8, 4) is 0 Å². The molecule has 134 valence electrons. The van der Waals surface area contributed by atoms with Gasteiger partial charge in [0.05, 0.1) is 0 Å². The lowest BCUT2D eigenvalue weighted by Gasteiger charge is -2.31. The molecule has 0 heterocycles. The summed E-state index contributed by atoms with van der Waals surface area (Å²) in [6.07, 6.45) is 3.53. The van der Waals surface area contributed by atoms with E-state index in [4.69, 9.17) is 0 Å². The van der Waals surface area contributed by atoms with Gasteiger partial charge in [-0.3, -0.25) is 0 Å². The molecule has 0 nitrogen and oxygen atoms in total. The van der Waals surface area contributed by atoms with Gasteiger partial charge in [0.15, 0.2) is 0 Å². The monoisotopic (exact) mass is 341 g/mol. The van der Waals surface area contributed by atoms with Crippen molar-refractivity contribution in [2.45, 2.75) is 39.0 Å². The first-order chi connectivity index (χ1) is 12.8. The molecule has 0 saturated heterocycles. The second-order valence-corrected chi connectivity index (χ2v) is 7.27.